The second-order valence-corrected chi connectivity index (χ2v) is 6.48. The molecule has 4 rings (SSSR count). The summed E-state index contributed by atoms with van der Waals surface area (Å²) >= 11 is 0. The Labute approximate surface area is 151 Å². The first-order chi connectivity index (χ1) is 12.6. The van der Waals surface area contributed by atoms with E-state index in [-0.39, 0.29) is 12.1 Å². The summed E-state index contributed by atoms with van der Waals surface area (Å²) in [5, 5.41) is 11.4. The quantitative estimate of drug-likeness (QED) is 0.778. The first-order valence-electron chi connectivity index (χ1n) is 8.75. The van der Waals surface area contributed by atoms with Crippen LogP contribution >= 0.6 is 0 Å². The predicted molar refractivity (Wildman–Crippen MR) is 97.2 cm³/mol. The number of urea groups is 1. The van der Waals surface area contributed by atoms with Gasteiger partial charge in [0, 0.05) is 18.2 Å². The topological polar surface area (TPSA) is 76.2 Å². The van der Waals surface area contributed by atoms with Gasteiger partial charge in [0.1, 0.15) is 11.6 Å². The number of likely N-dealkylation sites (tertiary alicyclic amines) is 1. The summed E-state index contributed by atoms with van der Waals surface area (Å²) in [5.41, 5.74) is 2.77. The number of rotatable bonds is 3. The molecule has 26 heavy (non-hydrogen) atoms. The molecule has 2 amide bonds. The lowest BCUT2D eigenvalue weighted by molar-refractivity contribution is 0.206. The fourth-order valence-corrected chi connectivity index (χ4v) is 3.63. The number of benzene rings is 1. The van der Waals surface area contributed by atoms with Crippen molar-refractivity contribution < 1.29 is 9.32 Å². The summed E-state index contributed by atoms with van der Waals surface area (Å²) in [6.45, 7) is 4.53. The molecule has 1 unspecified atom stereocenters. The number of aromatic nitrogens is 3. The Morgan fingerprint density at radius 1 is 1.23 bits per heavy atom. The van der Waals surface area contributed by atoms with Crippen molar-refractivity contribution in [2.45, 2.75) is 32.7 Å². The Morgan fingerprint density at radius 3 is 2.77 bits per heavy atom. The highest BCUT2D eigenvalue weighted by Gasteiger charge is 2.34. The number of nitrogens with one attached hydrogen (secondary N) is 1. The van der Waals surface area contributed by atoms with E-state index < -0.39 is 0 Å². The molecule has 0 aliphatic carbocycles. The van der Waals surface area contributed by atoms with Crippen LogP contribution in [0.25, 0.3) is 5.69 Å². The van der Waals surface area contributed by atoms with Crippen LogP contribution in [0.1, 0.15) is 35.9 Å². The molecule has 2 aromatic heterocycles. The monoisotopic (exact) mass is 351 g/mol. The van der Waals surface area contributed by atoms with Gasteiger partial charge in [-0.15, -0.1) is 0 Å². The molecule has 1 saturated heterocycles. The summed E-state index contributed by atoms with van der Waals surface area (Å²) in [4.78, 5) is 14.8. The second kappa shape index (κ2) is 6.67. The average Bonchev–Trinajstić information content (AvgIpc) is 3.36. The zero-order valence-electron chi connectivity index (χ0n) is 14.8. The molecule has 1 fully saturated rings. The molecule has 134 valence electrons. The number of aryl methyl sites for hydroxylation is 2. The fourth-order valence-electron chi connectivity index (χ4n) is 3.63. The van der Waals surface area contributed by atoms with Gasteiger partial charge in [-0.3, -0.25) is 5.32 Å². The number of para-hydroxylation sites is 1. The van der Waals surface area contributed by atoms with Crippen LogP contribution in [0.2, 0.25) is 0 Å². The van der Waals surface area contributed by atoms with E-state index in [9.17, 15) is 4.79 Å². The summed E-state index contributed by atoms with van der Waals surface area (Å²) in [7, 11) is 0. The van der Waals surface area contributed by atoms with E-state index in [0.29, 0.717) is 12.4 Å². The van der Waals surface area contributed by atoms with Gasteiger partial charge < -0.3 is 9.42 Å². The molecule has 0 radical (unpaired) electrons. The molecule has 1 N–H and O–H groups in total. The van der Waals surface area contributed by atoms with Crippen molar-refractivity contribution in [1.29, 1.82) is 0 Å². The maximum atomic E-state index is 12.9. The minimum Gasteiger partial charge on any atom is -0.361 e. The summed E-state index contributed by atoms with van der Waals surface area (Å²) in [6, 6.07) is 11.4. The lowest BCUT2D eigenvalue weighted by Crippen LogP contribution is -2.35. The van der Waals surface area contributed by atoms with Crippen molar-refractivity contribution in [3.63, 3.8) is 0 Å². The number of hydrogen-bond donors (Lipinski definition) is 1. The third-order valence-corrected chi connectivity index (χ3v) is 4.81. The molecule has 0 bridgehead atoms. The second-order valence-electron chi connectivity index (χ2n) is 6.48. The zero-order valence-corrected chi connectivity index (χ0v) is 14.8. The smallest absolute Gasteiger partial charge is 0.323 e. The summed E-state index contributed by atoms with van der Waals surface area (Å²) < 4.78 is 7.02. The first-order valence-corrected chi connectivity index (χ1v) is 8.75. The minimum absolute atomic E-state index is 0.00523. The Kier molecular flexibility index (Phi) is 4.20. The molecule has 0 spiro atoms. The van der Waals surface area contributed by atoms with E-state index in [4.69, 9.17) is 4.52 Å². The Bertz CT molecular complexity index is 896. The van der Waals surface area contributed by atoms with Crippen molar-refractivity contribution in [2.75, 3.05) is 11.9 Å². The molecule has 1 atom stereocenters. The van der Waals surface area contributed by atoms with Gasteiger partial charge in [-0.2, -0.15) is 5.10 Å². The van der Waals surface area contributed by atoms with Crippen molar-refractivity contribution in [1.82, 2.24) is 19.8 Å². The third-order valence-electron chi connectivity index (χ3n) is 4.81. The highest BCUT2D eigenvalue weighted by atomic mass is 16.5. The summed E-state index contributed by atoms with van der Waals surface area (Å²) in [6.07, 6.45) is 3.55. The van der Waals surface area contributed by atoms with E-state index in [0.717, 1.165) is 35.5 Å². The van der Waals surface area contributed by atoms with Gasteiger partial charge in [-0.05, 0) is 38.8 Å². The van der Waals surface area contributed by atoms with Gasteiger partial charge >= 0.3 is 6.03 Å². The van der Waals surface area contributed by atoms with Crippen LogP contribution in [0.3, 0.4) is 0 Å². The summed E-state index contributed by atoms with van der Waals surface area (Å²) in [5.74, 6) is 1.42. The number of nitrogens with zero attached hydrogens (tertiary/aromatic N) is 4. The number of anilines is 1. The van der Waals surface area contributed by atoms with E-state index in [1.54, 1.807) is 16.9 Å². The normalized spacial score (nSPS) is 16.8. The van der Waals surface area contributed by atoms with Crippen LogP contribution in [-0.2, 0) is 0 Å². The van der Waals surface area contributed by atoms with Gasteiger partial charge in [-0.1, -0.05) is 23.4 Å². The van der Waals surface area contributed by atoms with E-state index in [1.165, 1.54) is 0 Å². The van der Waals surface area contributed by atoms with Crippen molar-refractivity contribution in [3.05, 3.63) is 59.6 Å². The lowest BCUT2D eigenvalue weighted by atomic mass is 10.0. The number of amides is 2. The van der Waals surface area contributed by atoms with Crippen LogP contribution in [0.5, 0.6) is 0 Å². The molecule has 3 aromatic rings. The van der Waals surface area contributed by atoms with E-state index >= 15 is 0 Å². The van der Waals surface area contributed by atoms with Crippen molar-refractivity contribution in [3.8, 4) is 5.69 Å². The van der Waals surface area contributed by atoms with Crippen LogP contribution in [0.4, 0.5) is 10.6 Å². The highest BCUT2D eigenvalue weighted by molar-refractivity contribution is 5.89. The number of carbonyl (C=O) groups is 1. The van der Waals surface area contributed by atoms with Gasteiger partial charge in [0.15, 0.2) is 0 Å². The molecule has 3 heterocycles. The molecule has 1 aromatic carbocycles. The maximum Gasteiger partial charge on any atom is 0.323 e. The largest absolute Gasteiger partial charge is 0.361 e. The Hall–Kier alpha value is -3.09. The average molecular weight is 351 g/mol. The van der Waals surface area contributed by atoms with Gasteiger partial charge in [-0.25, -0.2) is 9.48 Å². The van der Waals surface area contributed by atoms with E-state index in [1.807, 2.05) is 49.1 Å². The molecular formula is C19H21N5O2. The molecular weight excluding hydrogens is 330 g/mol. The highest BCUT2D eigenvalue weighted by Crippen LogP contribution is 2.35. The Morgan fingerprint density at radius 2 is 2.04 bits per heavy atom. The van der Waals surface area contributed by atoms with Crippen LogP contribution < -0.4 is 5.32 Å². The SMILES string of the molecule is Cc1noc(C)c1C1CCCN1C(=O)Nc1ccnn1-c1ccccc1. The van der Waals surface area contributed by atoms with Crippen molar-refractivity contribution >= 4 is 11.8 Å². The number of carbonyl (C=O) groups excluding carboxylic acids is 1. The molecule has 1 aliphatic rings. The Balaban J connectivity index is 1.57. The molecule has 7 heteroatoms. The molecule has 0 saturated carbocycles. The lowest BCUT2D eigenvalue weighted by Gasteiger charge is -2.25. The van der Waals surface area contributed by atoms with Gasteiger partial charge in [0.2, 0.25) is 0 Å². The van der Waals surface area contributed by atoms with Gasteiger partial charge in [0.05, 0.1) is 23.6 Å². The number of hydrogen-bond acceptors (Lipinski definition) is 4. The fraction of sp³-hybridized carbons (Fsp3) is 0.316. The van der Waals surface area contributed by atoms with Gasteiger partial charge in [0.25, 0.3) is 0 Å². The zero-order chi connectivity index (χ0) is 18.1. The van der Waals surface area contributed by atoms with Crippen LogP contribution in [0, 0.1) is 13.8 Å². The standard InChI is InChI=1S/C19H21N5O2/c1-13-18(14(2)26-22-13)16-9-6-12-23(16)19(25)21-17-10-11-20-24(17)15-7-4-3-5-8-15/h3-5,7-8,10-11,16H,6,9,12H2,1-2H3,(H,21,25). The van der Waals surface area contributed by atoms with E-state index in [2.05, 4.69) is 15.6 Å². The van der Waals surface area contributed by atoms with Crippen LogP contribution in [0.15, 0.2) is 47.1 Å². The first kappa shape index (κ1) is 16.4. The van der Waals surface area contributed by atoms with Crippen molar-refractivity contribution in [2.24, 2.45) is 0 Å². The predicted octanol–water partition coefficient (Wildman–Crippen LogP) is 3.85. The maximum absolute atomic E-state index is 12.9. The van der Waals surface area contributed by atoms with Crippen LogP contribution in [-0.4, -0.2) is 32.4 Å². The molecule has 1 aliphatic heterocycles. The third kappa shape index (κ3) is 2.85. The molecule has 7 nitrogen and oxygen atoms in total. The minimum atomic E-state index is -0.134.